The van der Waals surface area contributed by atoms with E-state index >= 15 is 4.39 Å². The Morgan fingerprint density at radius 1 is 1.05 bits per heavy atom. The van der Waals surface area contributed by atoms with Crippen LogP contribution in [0.25, 0.3) is 0 Å². The Morgan fingerprint density at radius 2 is 1.79 bits per heavy atom. The fourth-order valence-corrected chi connectivity index (χ4v) is 5.15. The van der Waals surface area contributed by atoms with E-state index in [1.54, 1.807) is 23.1 Å². The monoisotopic (exact) mass is 577 g/mol. The molecule has 42 heavy (non-hydrogen) atoms. The number of piperidine rings is 1. The van der Waals surface area contributed by atoms with Crippen LogP contribution in [-0.4, -0.2) is 89.5 Å². The highest BCUT2D eigenvalue weighted by molar-refractivity contribution is 5.96. The van der Waals surface area contributed by atoms with Gasteiger partial charge in [-0.3, -0.25) is 24.4 Å². The number of carbonyl (C=O) groups excluding carboxylic acids is 2. The Kier molecular flexibility index (Phi) is 11.1. The molecule has 2 aliphatic rings. The highest BCUT2D eigenvalue weighted by atomic mass is 19.1. The van der Waals surface area contributed by atoms with E-state index in [-0.39, 0.29) is 24.0 Å². The third-order valence-electron chi connectivity index (χ3n) is 7.93. The number of nitrogens with zero attached hydrogens (tertiary/aromatic N) is 4. The maximum Gasteiger partial charge on any atom is 0.270 e. The van der Waals surface area contributed by atoms with Crippen LogP contribution in [0, 0.1) is 5.82 Å². The number of aromatic nitrogens is 1. The Bertz CT molecular complexity index is 1280. The van der Waals surface area contributed by atoms with Crippen molar-refractivity contribution in [1.29, 1.82) is 0 Å². The Morgan fingerprint density at radius 3 is 2.40 bits per heavy atom. The number of hydrogen-bond donors (Lipinski definition) is 1. The number of hydrogen-bond acceptors (Lipinski definition) is 5. The van der Waals surface area contributed by atoms with Gasteiger partial charge >= 0.3 is 0 Å². The molecule has 4 rings (SSSR count). The molecule has 9 heteroatoms. The number of alkyl halides is 1. The highest BCUT2D eigenvalue weighted by Gasteiger charge is 2.31. The fourth-order valence-electron chi connectivity index (χ4n) is 5.15. The van der Waals surface area contributed by atoms with Gasteiger partial charge in [0.05, 0.1) is 11.6 Å². The van der Waals surface area contributed by atoms with Crippen LogP contribution in [0.2, 0.25) is 0 Å². The van der Waals surface area contributed by atoms with Crippen molar-refractivity contribution < 1.29 is 18.4 Å². The summed E-state index contributed by atoms with van der Waals surface area (Å²) in [5.74, 6) is -0.836. The van der Waals surface area contributed by atoms with Crippen molar-refractivity contribution in [1.82, 2.24) is 25.0 Å². The Hall–Kier alpha value is -3.69. The lowest BCUT2D eigenvalue weighted by molar-refractivity contribution is 0.0627. The van der Waals surface area contributed by atoms with Crippen LogP contribution >= 0.6 is 0 Å². The molecule has 7 nitrogen and oxygen atoms in total. The average Bonchev–Trinajstić information content (AvgIpc) is 3.01. The van der Waals surface area contributed by atoms with Gasteiger partial charge < -0.3 is 10.2 Å². The number of rotatable bonds is 10. The van der Waals surface area contributed by atoms with E-state index in [0.29, 0.717) is 57.8 Å². The van der Waals surface area contributed by atoms with Gasteiger partial charge in [-0.15, -0.1) is 0 Å². The van der Waals surface area contributed by atoms with Gasteiger partial charge in [-0.1, -0.05) is 49.4 Å². The van der Waals surface area contributed by atoms with Crippen molar-refractivity contribution in [2.24, 2.45) is 0 Å². The molecule has 2 saturated heterocycles. The number of pyridine rings is 1. The predicted octanol–water partition coefficient (Wildman–Crippen LogP) is 4.79. The van der Waals surface area contributed by atoms with Gasteiger partial charge in [0.2, 0.25) is 0 Å². The summed E-state index contributed by atoms with van der Waals surface area (Å²) < 4.78 is 28.2. The highest BCUT2D eigenvalue weighted by Crippen LogP contribution is 2.18. The average molecular weight is 578 g/mol. The standard InChI is InChI=1S/C33H41F2N5O2/c1-4-24(3)6-7-25(5-2)21-39-15-14-30(29(35)23-39)37-32(41)31-13-10-27(20-36-31)33(42)40-18-16-38(17-19-40)22-26-8-11-28(34)12-9-26/h5-13,20,29-30H,3-4,14-19,21-23H2,1-2H3,(H,37,41). The molecule has 224 valence electrons. The van der Waals surface area contributed by atoms with Crippen molar-refractivity contribution in [2.75, 3.05) is 45.8 Å². The van der Waals surface area contributed by atoms with Gasteiger partial charge in [-0.25, -0.2) is 8.78 Å². The van der Waals surface area contributed by atoms with E-state index in [2.05, 4.69) is 33.6 Å². The Balaban J connectivity index is 1.23. The molecule has 1 aromatic carbocycles. The lowest BCUT2D eigenvalue weighted by Gasteiger charge is -2.35. The molecule has 2 fully saturated rings. The third kappa shape index (κ3) is 8.66. The smallest absolute Gasteiger partial charge is 0.270 e. The zero-order chi connectivity index (χ0) is 30.1. The molecule has 2 aromatic rings. The Labute approximate surface area is 247 Å². The number of allylic oxidation sites excluding steroid dienone is 3. The summed E-state index contributed by atoms with van der Waals surface area (Å²) >= 11 is 0. The first-order chi connectivity index (χ1) is 20.2. The second-order valence-electron chi connectivity index (χ2n) is 11.0. The lowest BCUT2D eigenvalue weighted by atomic mass is 10.0. The normalized spacial score (nSPS) is 20.6. The molecule has 2 unspecified atom stereocenters. The van der Waals surface area contributed by atoms with Crippen molar-refractivity contribution in [2.45, 2.75) is 45.4 Å². The maximum atomic E-state index is 15.0. The number of nitrogens with one attached hydrogen (secondary N) is 1. The second kappa shape index (κ2) is 15.0. The summed E-state index contributed by atoms with van der Waals surface area (Å²) in [5.41, 5.74) is 3.74. The minimum atomic E-state index is -1.20. The predicted molar refractivity (Wildman–Crippen MR) is 161 cm³/mol. The summed E-state index contributed by atoms with van der Waals surface area (Å²) in [6, 6.07) is 8.99. The molecule has 0 bridgehead atoms. The summed E-state index contributed by atoms with van der Waals surface area (Å²) in [5, 5.41) is 2.80. The molecule has 1 N–H and O–H groups in total. The summed E-state index contributed by atoms with van der Waals surface area (Å²) in [6.45, 7) is 12.8. The molecule has 0 aliphatic carbocycles. The third-order valence-corrected chi connectivity index (χ3v) is 7.93. The first-order valence-corrected chi connectivity index (χ1v) is 14.7. The molecule has 2 amide bonds. The molecule has 1 aromatic heterocycles. The molecule has 0 radical (unpaired) electrons. The SMILES string of the molecule is C=C(C=CC(=CC)CN1CCC(NC(=O)c2ccc(C(=O)N3CCN(Cc4ccc(F)cc4)CC3)cn2)C(F)C1)CC. The van der Waals surface area contributed by atoms with Gasteiger partial charge in [0.15, 0.2) is 0 Å². The minimum absolute atomic E-state index is 0.138. The molecule has 2 aliphatic heterocycles. The number of benzene rings is 1. The minimum Gasteiger partial charge on any atom is -0.345 e. The van der Waals surface area contributed by atoms with Crippen LogP contribution in [0.15, 0.2) is 78.5 Å². The molecular weight excluding hydrogens is 536 g/mol. The summed E-state index contributed by atoms with van der Waals surface area (Å²) in [6.07, 6.45) is 7.66. The number of piperazine rings is 1. The second-order valence-corrected chi connectivity index (χ2v) is 11.0. The summed E-state index contributed by atoms with van der Waals surface area (Å²) in [4.78, 5) is 36.1. The molecular formula is C33H41F2N5O2. The first kappa shape index (κ1) is 31.3. The van der Waals surface area contributed by atoms with Crippen LogP contribution in [0.5, 0.6) is 0 Å². The van der Waals surface area contributed by atoms with Gasteiger partial charge in [-0.05, 0) is 55.2 Å². The lowest BCUT2D eigenvalue weighted by Crippen LogP contribution is -2.52. The molecule has 3 heterocycles. The van der Waals surface area contributed by atoms with E-state index in [4.69, 9.17) is 0 Å². The van der Waals surface area contributed by atoms with E-state index in [1.165, 1.54) is 24.4 Å². The number of amides is 2. The van der Waals surface area contributed by atoms with E-state index in [0.717, 1.165) is 23.1 Å². The molecule has 2 atom stereocenters. The van der Waals surface area contributed by atoms with Crippen molar-refractivity contribution in [3.8, 4) is 0 Å². The zero-order valence-corrected chi connectivity index (χ0v) is 24.6. The van der Waals surface area contributed by atoms with Crippen molar-refractivity contribution in [3.05, 3.63) is 101 Å². The first-order valence-electron chi connectivity index (χ1n) is 14.7. The fraction of sp³-hybridized carbons (Fsp3) is 0.424. The van der Waals surface area contributed by atoms with Crippen LogP contribution in [0.4, 0.5) is 8.78 Å². The van der Waals surface area contributed by atoms with Gasteiger partial charge in [-0.2, -0.15) is 0 Å². The zero-order valence-electron chi connectivity index (χ0n) is 24.6. The van der Waals surface area contributed by atoms with Crippen LogP contribution in [0.3, 0.4) is 0 Å². The van der Waals surface area contributed by atoms with Crippen LogP contribution in [-0.2, 0) is 6.54 Å². The topological polar surface area (TPSA) is 68.8 Å². The maximum absolute atomic E-state index is 15.0. The number of carbonyl (C=O) groups is 2. The number of halogens is 2. The molecule has 0 spiro atoms. The van der Waals surface area contributed by atoms with Gasteiger partial charge in [0, 0.05) is 58.6 Å². The molecule has 0 saturated carbocycles. The van der Waals surface area contributed by atoms with E-state index < -0.39 is 18.1 Å². The van der Waals surface area contributed by atoms with Crippen LogP contribution < -0.4 is 5.32 Å². The number of likely N-dealkylation sites (tertiary alicyclic amines) is 1. The van der Waals surface area contributed by atoms with Crippen molar-refractivity contribution >= 4 is 11.8 Å². The van der Waals surface area contributed by atoms with Gasteiger partial charge in [0.1, 0.15) is 17.7 Å². The van der Waals surface area contributed by atoms with Crippen LogP contribution in [0.1, 0.15) is 53.1 Å². The largest absolute Gasteiger partial charge is 0.345 e. The van der Waals surface area contributed by atoms with Gasteiger partial charge in [0.25, 0.3) is 11.8 Å². The van der Waals surface area contributed by atoms with E-state index in [9.17, 15) is 14.0 Å². The quantitative estimate of drug-likeness (QED) is 0.412. The van der Waals surface area contributed by atoms with Crippen molar-refractivity contribution in [3.63, 3.8) is 0 Å². The van der Waals surface area contributed by atoms with E-state index in [1.807, 2.05) is 25.2 Å². The summed E-state index contributed by atoms with van der Waals surface area (Å²) in [7, 11) is 0.